The highest BCUT2D eigenvalue weighted by Crippen LogP contribution is 2.18. The fourth-order valence-corrected chi connectivity index (χ4v) is 2.41. The molecule has 0 bridgehead atoms. The summed E-state index contributed by atoms with van der Waals surface area (Å²) < 4.78 is 32.7. The van der Waals surface area contributed by atoms with Crippen LogP contribution >= 0.6 is 0 Å². The Morgan fingerprint density at radius 3 is 2.64 bits per heavy atom. The molecule has 2 aromatic heterocycles. The monoisotopic (exact) mass is 382 g/mol. The molecule has 0 spiro atoms. The average Bonchev–Trinajstić information content (AvgIpc) is 3.35. The minimum absolute atomic E-state index is 0.0504. The van der Waals surface area contributed by atoms with Crippen molar-refractivity contribution in [2.24, 2.45) is 0 Å². The Hall–Kier alpha value is -3.95. The molecule has 0 aliphatic rings. The number of nitrogens with one attached hydrogen (secondary N) is 1. The molecule has 8 nitrogen and oxygen atoms in total. The molecule has 4 rings (SSSR count). The summed E-state index contributed by atoms with van der Waals surface area (Å²) in [4.78, 5) is 16.3. The lowest BCUT2D eigenvalue weighted by Crippen LogP contribution is -2.13. The van der Waals surface area contributed by atoms with Gasteiger partial charge in [0.2, 0.25) is 5.82 Å². The van der Waals surface area contributed by atoms with Crippen molar-refractivity contribution in [2.75, 3.05) is 5.32 Å². The van der Waals surface area contributed by atoms with Gasteiger partial charge in [-0.15, -0.1) is 5.10 Å². The summed E-state index contributed by atoms with van der Waals surface area (Å²) in [6.45, 7) is 1.72. The van der Waals surface area contributed by atoms with Crippen LogP contribution < -0.4 is 5.32 Å². The number of hydrogen-bond acceptors (Lipinski definition) is 6. The van der Waals surface area contributed by atoms with Crippen LogP contribution in [0.2, 0.25) is 0 Å². The van der Waals surface area contributed by atoms with Gasteiger partial charge in [0.25, 0.3) is 0 Å². The van der Waals surface area contributed by atoms with E-state index >= 15 is 0 Å². The number of benzene rings is 2. The second-order valence-electron chi connectivity index (χ2n) is 5.86. The van der Waals surface area contributed by atoms with Gasteiger partial charge in [-0.05, 0) is 48.9 Å². The van der Waals surface area contributed by atoms with E-state index in [9.17, 15) is 13.6 Å². The van der Waals surface area contributed by atoms with E-state index in [0.717, 1.165) is 0 Å². The zero-order chi connectivity index (χ0) is 19.7. The highest BCUT2D eigenvalue weighted by molar-refractivity contribution is 6.01. The van der Waals surface area contributed by atoms with E-state index in [0.29, 0.717) is 16.9 Å². The lowest BCUT2D eigenvalue weighted by Gasteiger charge is -2.05. The van der Waals surface area contributed by atoms with Crippen molar-refractivity contribution in [3.05, 3.63) is 71.8 Å². The number of rotatable bonds is 4. The van der Waals surface area contributed by atoms with Gasteiger partial charge in [0.05, 0.1) is 11.9 Å². The first-order valence-corrected chi connectivity index (χ1v) is 8.09. The number of nitrogens with zero attached hydrogens (tertiary/aromatic N) is 5. The molecule has 0 saturated heterocycles. The maximum absolute atomic E-state index is 13.3. The standard InChI is InChI=1S/C18H12F2N6O2/c1-10-2-3-12(20)8-14(10)21-17(27)18-22-16(24-28-18)15-9-26(25-23-15)13-6-4-11(19)5-7-13/h2-9H,1H3,(H,21,27). The van der Waals surface area contributed by atoms with E-state index in [1.165, 1.54) is 53.3 Å². The molecule has 0 atom stereocenters. The fraction of sp³-hybridized carbons (Fsp3) is 0.0556. The maximum atomic E-state index is 13.3. The molecule has 28 heavy (non-hydrogen) atoms. The van der Waals surface area contributed by atoms with Crippen molar-refractivity contribution in [1.82, 2.24) is 25.1 Å². The number of anilines is 1. The van der Waals surface area contributed by atoms with E-state index < -0.39 is 11.7 Å². The van der Waals surface area contributed by atoms with Crippen LogP contribution in [-0.4, -0.2) is 31.0 Å². The first-order chi connectivity index (χ1) is 13.5. The van der Waals surface area contributed by atoms with Gasteiger partial charge in [0.15, 0.2) is 5.69 Å². The molecular formula is C18H12F2N6O2. The predicted molar refractivity (Wildman–Crippen MR) is 93.7 cm³/mol. The van der Waals surface area contributed by atoms with Crippen LogP contribution in [0.1, 0.15) is 16.2 Å². The number of carbonyl (C=O) groups excluding carboxylic acids is 1. The molecule has 2 aromatic carbocycles. The molecule has 10 heteroatoms. The third-order valence-electron chi connectivity index (χ3n) is 3.88. The van der Waals surface area contributed by atoms with Crippen LogP contribution in [0, 0.1) is 18.6 Å². The number of halogens is 2. The summed E-state index contributed by atoms with van der Waals surface area (Å²) >= 11 is 0. The maximum Gasteiger partial charge on any atom is 0.316 e. The summed E-state index contributed by atoms with van der Waals surface area (Å²) in [5.41, 5.74) is 1.82. The minimum atomic E-state index is -0.682. The molecule has 0 radical (unpaired) electrons. The van der Waals surface area contributed by atoms with E-state index in [2.05, 4.69) is 25.8 Å². The summed E-state index contributed by atoms with van der Waals surface area (Å²) in [5.74, 6) is -1.79. The minimum Gasteiger partial charge on any atom is -0.328 e. The highest BCUT2D eigenvalue weighted by Gasteiger charge is 2.19. The largest absolute Gasteiger partial charge is 0.328 e. The number of aryl methyl sites for hydroxylation is 1. The summed E-state index contributed by atoms with van der Waals surface area (Å²) in [6, 6.07) is 9.68. The van der Waals surface area contributed by atoms with Crippen molar-refractivity contribution in [3.8, 4) is 17.2 Å². The quantitative estimate of drug-likeness (QED) is 0.582. The first-order valence-electron chi connectivity index (χ1n) is 8.09. The Morgan fingerprint density at radius 2 is 1.86 bits per heavy atom. The van der Waals surface area contributed by atoms with Gasteiger partial charge in [0, 0.05) is 5.69 Å². The Bertz CT molecular complexity index is 1150. The van der Waals surface area contributed by atoms with Crippen LogP contribution in [0.15, 0.2) is 53.2 Å². The van der Waals surface area contributed by atoms with Gasteiger partial charge in [0.1, 0.15) is 11.6 Å². The molecule has 4 aromatic rings. The molecule has 0 aliphatic heterocycles. The number of hydrogen-bond donors (Lipinski definition) is 1. The van der Waals surface area contributed by atoms with Gasteiger partial charge in [-0.3, -0.25) is 4.79 Å². The van der Waals surface area contributed by atoms with Crippen molar-refractivity contribution < 1.29 is 18.1 Å². The average molecular weight is 382 g/mol. The lowest BCUT2D eigenvalue weighted by molar-refractivity contribution is 0.0981. The van der Waals surface area contributed by atoms with Crippen molar-refractivity contribution in [3.63, 3.8) is 0 Å². The highest BCUT2D eigenvalue weighted by atomic mass is 19.1. The number of aromatic nitrogens is 5. The summed E-state index contributed by atoms with van der Waals surface area (Å²) in [6.07, 6.45) is 1.51. The second-order valence-corrected chi connectivity index (χ2v) is 5.86. The molecule has 0 saturated carbocycles. The van der Waals surface area contributed by atoms with Crippen LogP contribution in [-0.2, 0) is 0 Å². The lowest BCUT2D eigenvalue weighted by atomic mass is 10.2. The third kappa shape index (κ3) is 3.47. The molecule has 140 valence electrons. The van der Waals surface area contributed by atoms with Crippen molar-refractivity contribution in [2.45, 2.75) is 6.92 Å². The zero-order valence-corrected chi connectivity index (χ0v) is 14.4. The SMILES string of the molecule is Cc1ccc(F)cc1NC(=O)c1nc(-c2cn(-c3ccc(F)cc3)nn2)no1. The second kappa shape index (κ2) is 6.99. The van der Waals surface area contributed by atoms with Crippen LogP contribution in [0.25, 0.3) is 17.2 Å². The van der Waals surface area contributed by atoms with E-state index in [-0.39, 0.29) is 23.2 Å². The van der Waals surface area contributed by atoms with Crippen molar-refractivity contribution >= 4 is 11.6 Å². The van der Waals surface area contributed by atoms with Crippen molar-refractivity contribution in [1.29, 1.82) is 0 Å². The van der Waals surface area contributed by atoms with Crippen LogP contribution in [0.5, 0.6) is 0 Å². The van der Waals surface area contributed by atoms with E-state index in [1.54, 1.807) is 6.92 Å². The molecule has 1 N–H and O–H groups in total. The predicted octanol–water partition coefficient (Wildman–Crippen LogP) is 3.16. The third-order valence-corrected chi connectivity index (χ3v) is 3.88. The van der Waals surface area contributed by atoms with E-state index in [4.69, 9.17) is 4.52 Å². The normalized spacial score (nSPS) is 10.8. The van der Waals surface area contributed by atoms with Gasteiger partial charge in [-0.2, -0.15) is 4.98 Å². The van der Waals surface area contributed by atoms with E-state index in [1.807, 2.05) is 0 Å². The summed E-state index contributed by atoms with van der Waals surface area (Å²) in [7, 11) is 0. The molecule has 0 unspecified atom stereocenters. The number of carbonyl (C=O) groups is 1. The summed E-state index contributed by atoms with van der Waals surface area (Å²) in [5, 5.41) is 14.1. The smallest absolute Gasteiger partial charge is 0.316 e. The molecular weight excluding hydrogens is 370 g/mol. The first kappa shape index (κ1) is 17.5. The topological polar surface area (TPSA) is 98.7 Å². The Labute approximate surface area is 156 Å². The van der Waals surface area contributed by atoms with Gasteiger partial charge in [-0.1, -0.05) is 16.4 Å². The van der Waals surface area contributed by atoms with Gasteiger partial charge >= 0.3 is 11.8 Å². The van der Waals surface area contributed by atoms with Gasteiger partial charge in [-0.25, -0.2) is 13.5 Å². The Kier molecular flexibility index (Phi) is 4.36. The Balaban J connectivity index is 1.53. The van der Waals surface area contributed by atoms with Crippen LogP contribution in [0.3, 0.4) is 0 Å². The number of amides is 1. The molecule has 0 aliphatic carbocycles. The zero-order valence-electron chi connectivity index (χ0n) is 14.4. The van der Waals surface area contributed by atoms with Crippen LogP contribution in [0.4, 0.5) is 14.5 Å². The molecule has 1 amide bonds. The fourth-order valence-electron chi connectivity index (χ4n) is 2.41. The molecule has 2 heterocycles. The molecule has 0 fully saturated rings. The van der Waals surface area contributed by atoms with Gasteiger partial charge < -0.3 is 9.84 Å². The Morgan fingerprint density at radius 1 is 1.11 bits per heavy atom.